The number of aryl methyl sites for hydroxylation is 1. The van der Waals surface area contributed by atoms with Gasteiger partial charge in [0.1, 0.15) is 0 Å². The van der Waals surface area contributed by atoms with Crippen LogP contribution in [-0.2, 0) is 16.2 Å². The summed E-state index contributed by atoms with van der Waals surface area (Å²) in [6, 6.07) is 10.2. The van der Waals surface area contributed by atoms with Crippen LogP contribution in [0.15, 0.2) is 53.4 Å². The van der Waals surface area contributed by atoms with Crippen LogP contribution in [0.1, 0.15) is 11.3 Å². The van der Waals surface area contributed by atoms with Crippen LogP contribution in [0, 0.1) is 6.92 Å². The number of alkyl halides is 3. The molecule has 126 valence electrons. The fraction of sp³-hybridized carbons (Fsp3) is 0.125. The van der Waals surface area contributed by atoms with Crippen molar-refractivity contribution in [3.05, 3.63) is 59.8 Å². The van der Waals surface area contributed by atoms with Gasteiger partial charge in [-0.25, -0.2) is 8.42 Å². The lowest BCUT2D eigenvalue weighted by atomic mass is 10.2. The third kappa shape index (κ3) is 3.23. The Kier molecular flexibility index (Phi) is 3.79. The summed E-state index contributed by atoms with van der Waals surface area (Å²) in [7, 11) is -3.96. The van der Waals surface area contributed by atoms with Crippen LogP contribution in [0.25, 0.3) is 10.9 Å². The fourth-order valence-electron chi connectivity index (χ4n) is 2.38. The molecule has 0 aliphatic rings. The molecular weight excluding hydrogens is 341 g/mol. The first-order valence-corrected chi connectivity index (χ1v) is 8.43. The summed E-state index contributed by atoms with van der Waals surface area (Å²) < 4.78 is 64.6. The van der Waals surface area contributed by atoms with Crippen molar-refractivity contribution in [3.8, 4) is 0 Å². The van der Waals surface area contributed by atoms with Gasteiger partial charge in [0.25, 0.3) is 10.0 Å². The second kappa shape index (κ2) is 5.55. The SMILES string of the molecule is Cc1cc2cc(NS(=O)(=O)c3ccc(C(F)(F)F)cc3)ccc2[nH]1. The van der Waals surface area contributed by atoms with Gasteiger partial charge in [-0.05, 0) is 55.5 Å². The Morgan fingerprint density at radius 1 is 1.00 bits per heavy atom. The number of fused-ring (bicyclic) bond motifs is 1. The monoisotopic (exact) mass is 354 g/mol. The Labute approximate surface area is 136 Å². The number of anilines is 1. The Bertz CT molecular complexity index is 990. The van der Waals surface area contributed by atoms with Crippen molar-refractivity contribution in [2.75, 3.05) is 4.72 Å². The largest absolute Gasteiger partial charge is 0.416 e. The molecule has 8 heteroatoms. The van der Waals surface area contributed by atoms with Gasteiger partial charge in [-0.1, -0.05) is 0 Å². The third-order valence-electron chi connectivity index (χ3n) is 3.50. The van der Waals surface area contributed by atoms with E-state index in [2.05, 4.69) is 9.71 Å². The van der Waals surface area contributed by atoms with E-state index in [1.165, 1.54) is 0 Å². The van der Waals surface area contributed by atoms with E-state index < -0.39 is 21.8 Å². The second-order valence-corrected chi connectivity index (χ2v) is 7.06. The highest BCUT2D eigenvalue weighted by molar-refractivity contribution is 7.92. The van der Waals surface area contributed by atoms with Gasteiger partial charge in [0.05, 0.1) is 10.5 Å². The molecule has 0 fully saturated rings. The molecule has 1 heterocycles. The molecule has 0 atom stereocenters. The average Bonchev–Trinajstić information content (AvgIpc) is 2.85. The lowest BCUT2D eigenvalue weighted by molar-refractivity contribution is -0.137. The van der Waals surface area contributed by atoms with E-state index in [0.717, 1.165) is 40.9 Å². The molecule has 2 N–H and O–H groups in total. The maximum Gasteiger partial charge on any atom is 0.416 e. The molecule has 1 aromatic heterocycles. The van der Waals surface area contributed by atoms with E-state index in [4.69, 9.17) is 0 Å². The molecule has 0 radical (unpaired) electrons. The number of halogens is 3. The fourth-order valence-corrected chi connectivity index (χ4v) is 3.43. The van der Waals surface area contributed by atoms with Gasteiger partial charge in [-0.2, -0.15) is 13.2 Å². The van der Waals surface area contributed by atoms with E-state index in [-0.39, 0.29) is 4.90 Å². The van der Waals surface area contributed by atoms with Crippen LogP contribution in [-0.4, -0.2) is 13.4 Å². The average molecular weight is 354 g/mol. The predicted molar refractivity (Wildman–Crippen MR) is 85.3 cm³/mol. The van der Waals surface area contributed by atoms with Crippen LogP contribution in [0.2, 0.25) is 0 Å². The van der Waals surface area contributed by atoms with Crippen molar-refractivity contribution < 1.29 is 21.6 Å². The molecule has 0 unspecified atom stereocenters. The Hall–Kier alpha value is -2.48. The summed E-state index contributed by atoms with van der Waals surface area (Å²) in [5, 5.41) is 0.833. The molecule has 0 amide bonds. The number of rotatable bonds is 3. The maximum absolute atomic E-state index is 12.5. The third-order valence-corrected chi connectivity index (χ3v) is 4.90. The molecular formula is C16H13F3N2O2S. The highest BCUT2D eigenvalue weighted by Crippen LogP contribution is 2.30. The van der Waals surface area contributed by atoms with E-state index in [1.54, 1.807) is 18.2 Å². The van der Waals surface area contributed by atoms with Crippen LogP contribution >= 0.6 is 0 Å². The smallest absolute Gasteiger partial charge is 0.359 e. The number of sulfonamides is 1. The van der Waals surface area contributed by atoms with Crippen molar-refractivity contribution in [3.63, 3.8) is 0 Å². The quantitative estimate of drug-likeness (QED) is 0.737. The minimum absolute atomic E-state index is 0.235. The van der Waals surface area contributed by atoms with Crippen molar-refractivity contribution in [2.24, 2.45) is 0 Å². The predicted octanol–water partition coefficient (Wildman–Crippen LogP) is 4.30. The molecule has 24 heavy (non-hydrogen) atoms. The van der Waals surface area contributed by atoms with Crippen molar-refractivity contribution in [2.45, 2.75) is 18.0 Å². The standard InChI is InChI=1S/C16H13F3N2O2S/c1-10-8-11-9-13(4-7-15(11)20-10)21-24(22,23)14-5-2-12(3-6-14)16(17,18)19/h2-9,20-21H,1H3. The van der Waals surface area contributed by atoms with Crippen molar-refractivity contribution >= 4 is 26.6 Å². The summed E-state index contributed by atoms with van der Waals surface area (Å²) in [6.07, 6.45) is -4.51. The van der Waals surface area contributed by atoms with E-state index >= 15 is 0 Å². The zero-order valence-corrected chi connectivity index (χ0v) is 13.3. The molecule has 3 rings (SSSR count). The molecule has 2 aromatic carbocycles. The topological polar surface area (TPSA) is 62.0 Å². The van der Waals surface area contributed by atoms with Gasteiger partial charge in [0.15, 0.2) is 0 Å². The maximum atomic E-state index is 12.5. The zero-order chi connectivity index (χ0) is 17.5. The number of H-pyrrole nitrogens is 1. The summed E-state index contributed by atoms with van der Waals surface area (Å²) in [4.78, 5) is 2.88. The van der Waals surface area contributed by atoms with Crippen LogP contribution in [0.4, 0.5) is 18.9 Å². The Morgan fingerprint density at radius 2 is 1.67 bits per heavy atom. The molecule has 0 saturated carbocycles. The van der Waals surface area contributed by atoms with Gasteiger partial charge in [0.2, 0.25) is 0 Å². The summed E-state index contributed by atoms with van der Waals surface area (Å²) >= 11 is 0. The molecule has 4 nitrogen and oxygen atoms in total. The Balaban J connectivity index is 1.89. The Morgan fingerprint density at radius 3 is 2.29 bits per heavy atom. The van der Waals surface area contributed by atoms with Crippen molar-refractivity contribution in [1.29, 1.82) is 0 Å². The highest BCUT2D eigenvalue weighted by atomic mass is 32.2. The van der Waals surface area contributed by atoms with Gasteiger partial charge >= 0.3 is 6.18 Å². The summed E-state index contributed by atoms with van der Waals surface area (Å²) in [6.45, 7) is 1.88. The number of hydrogen-bond donors (Lipinski definition) is 2. The van der Waals surface area contributed by atoms with Crippen LogP contribution < -0.4 is 4.72 Å². The minimum atomic E-state index is -4.51. The molecule has 0 spiro atoms. The van der Waals surface area contributed by atoms with Gasteiger partial charge in [0, 0.05) is 22.3 Å². The number of benzene rings is 2. The number of aromatic amines is 1. The summed E-state index contributed by atoms with van der Waals surface area (Å²) in [5.74, 6) is 0. The molecule has 0 saturated heterocycles. The second-order valence-electron chi connectivity index (χ2n) is 5.38. The first-order valence-electron chi connectivity index (χ1n) is 6.95. The van der Waals surface area contributed by atoms with Gasteiger partial charge < -0.3 is 4.98 Å². The molecule has 0 bridgehead atoms. The highest BCUT2D eigenvalue weighted by Gasteiger charge is 2.30. The minimum Gasteiger partial charge on any atom is -0.359 e. The lowest BCUT2D eigenvalue weighted by Gasteiger charge is -2.10. The molecule has 0 aliphatic carbocycles. The number of nitrogens with one attached hydrogen (secondary N) is 2. The zero-order valence-electron chi connectivity index (χ0n) is 12.5. The van der Waals surface area contributed by atoms with Crippen LogP contribution in [0.3, 0.4) is 0 Å². The molecule has 0 aliphatic heterocycles. The molecule has 3 aromatic rings. The van der Waals surface area contributed by atoms with Crippen molar-refractivity contribution in [1.82, 2.24) is 4.98 Å². The van der Waals surface area contributed by atoms with E-state index in [0.29, 0.717) is 5.69 Å². The van der Waals surface area contributed by atoms with Gasteiger partial charge in [-0.15, -0.1) is 0 Å². The number of aromatic nitrogens is 1. The first kappa shape index (κ1) is 16.4. The van der Waals surface area contributed by atoms with E-state index in [1.807, 2.05) is 13.0 Å². The van der Waals surface area contributed by atoms with Crippen LogP contribution in [0.5, 0.6) is 0 Å². The number of hydrogen-bond acceptors (Lipinski definition) is 2. The summed E-state index contributed by atoms with van der Waals surface area (Å²) in [5.41, 5.74) is 1.24. The first-order chi connectivity index (χ1) is 11.1. The van der Waals surface area contributed by atoms with E-state index in [9.17, 15) is 21.6 Å². The van der Waals surface area contributed by atoms with Gasteiger partial charge in [-0.3, -0.25) is 4.72 Å². The lowest BCUT2D eigenvalue weighted by Crippen LogP contribution is -2.13. The normalized spacial score (nSPS) is 12.5.